The van der Waals surface area contributed by atoms with Crippen molar-refractivity contribution < 1.29 is 51.0 Å². The summed E-state index contributed by atoms with van der Waals surface area (Å²) in [6.07, 6.45) is 0. The van der Waals surface area contributed by atoms with Crippen LogP contribution >= 0.6 is 0 Å². The Hall–Kier alpha value is -2.44. The van der Waals surface area contributed by atoms with Crippen LogP contribution in [-0.2, 0) is 26.2 Å². The van der Waals surface area contributed by atoms with E-state index in [0.29, 0.717) is 0 Å². The topological polar surface area (TPSA) is 0 Å². The maximum atomic E-state index is 2.30. The summed E-state index contributed by atoms with van der Waals surface area (Å²) in [4.78, 5) is 0. The number of halogens is 2. The molecular weight excluding hydrogens is 619 g/mol. The van der Waals surface area contributed by atoms with Crippen molar-refractivity contribution in [3.8, 4) is 22.3 Å². The minimum Gasteiger partial charge on any atom is -1.00 e. The normalized spacial score (nSPS) is 10.3. The molecule has 0 unspecified atom stereocenters. The van der Waals surface area contributed by atoms with Crippen molar-refractivity contribution in [2.24, 2.45) is 0 Å². The number of hydrogen-bond acceptors (Lipinski definition) is 0. The van der Waals surface area contributed by atoms with Crippen LogP contribution in [-0.4, -0.2) is 0 Å². The summed E-state index contributed by atoms with van der Waals surface area (Å²) in [7, 11) is 0. The first kappa shape index (κ1) is 34.8. The molecule has 0 nitrogen and oxygen atoms in total. The predicted molar refractivity (Wildman–Crippen MR) is 168 cm³/mol. The van der Waals surface area contributed by atoms with Crippen molar-refractivity contribution in [2.75, 3.05) is 0 Å². The molecule has 208 valence electrons. The summed E-state index contributed by atoms with van der Waals surface area (Å²) in [5.41, 5.74) is 16.3. The van der Waals surface area contributed by atoms with Crippen LogP contribution in [0.4, 0.5) is 0 Å². The van der Waals surface area contributed by atoms with Gasteiger partial charge in [0.15, 0.2) is 0 Å². The molecule has 0 aromatic heterocycles. The van der Waals surface area contributed by atoms with E-state index in [1.165, 1.54) is 88.3 Å². The van der Waals surface area contributed by atoms with Crippen molar-refractivity contribution >= 4 is 21.5 Å². The molecule has 0 aliphatic heterocycles. The van der Waals surface area contributed by atoms with Crippen LogP contribution in [0.2, 0.25) is 0 Å². The third-order valence-electron chi connectivity index (χ3n) is 7.68. The molecule has 6 rings (SSSR count). The first-order valence-electron chi connectivity index (χ1n) is 13.6. The summed E-state index contributed by atoms with van der Waals surface area (Å²) in [5, 5.41) is 5.42. The van der Waals surface area contributed by atoms with Gasteiger partial charge in [-0.2, -0.15) is 12.1 Å². The molecule has 0 N–H and O–H groups in total. The van der Waals surface area contributed by atoms with Gasteiger partial charge < -0.3 is 24.8 Å². The summed E-state index contributed by atoms with van der Waals surface area (Å²) in [6, 6.07) is 31.4. The van der Waals surface area contributed by atoms with Crippen LogP contribution in [0.25, 0.3) is 43.8 Å². The maximum Gasteiger partial charge on any atom is 4.00 e. The fourth-order valence-corrected chi connectivity index (χ4v) is 6.41. The fourth-order valence-electron chi connectivity index (χ4n) is 6.41. The van der Waals surface area contributed by atoms with Gasteiger partial charge in [-0.15, -0.1) is 69.1 Å². The van der Waals surface area contributed by atoms with Gasteiger partial charge in [-0.25, -0.2) is 0 Å². The van der Waals surface area contributed by atoms with Crippen LogP contribution in [0.3, 0.4) is 0 Å². The van der Waals surface area contributed by atoms with Gasteiger partial charge in [0.2, 0.25) is 0 Å². The van der Waals surface area contributed by atoms with Crippen LogP contribution in [0.15, 0.2) is 84.9 Å². The van der Waals surface area contributed by atoms with Crippen molar-refractivity contribution in [1.29, 1.82) is 0 Å². The van der Waals surface area contributed by atoms with E-state index in [4.69, 9.17) is 0 Å². The number of benzene rings is 4. The second-order valence-electron chi connectivity index (χ2n) is 11.2. The van der Waals surface area contributed by atoms with Gasteiger partial charge in [0.1, 0.15) is 0 Å². The zero-order chi connectivity index (χ0) is 27.1. The molecule has 0 saturated heterocycles. The zero-order valence-corrected chi connectivity index (χ0v) is 29.3. The molecule has 6 aromatic carbocycles. The monoisotopic (exact) mass is 654 g/mol. The van der Waals surface area contributed by atoms with Crippen molar-refractivity contribution in [3.05, 3.63) is 129 Å². The van der Waals surface area contributed by atoms with E-state index in [2.05, 4.69) is 140 Å². The number of aryl methyl sites for hydroxylation is 8. The molecule has 41 heavy (non-hydrogen) atoms. The van der Waals surface area contributed by atoms with Gasteiger partial charge >= 0.3 is 26.2 Å². The molecule has 0 atom stereocenters. The smallest absolute Gasteiger partial charge is 1.00 e. The van der Waals surface area contributed by atoms with Crippen LogP contribution < -0.4 is 24.8 Å². The van der Waals surface area contributed by atoms with Gasteiger partial charge in [0.25, 0.3) is 0 Å². The van der Waals surface area contributed by atoms with E-state index in [0.717, 1.165) is 0 Å². The Morgan fingerprint density at radius 3 is 1.07 bits per heavy atom. The number of fused-ring (bicyclic) bond motifs is 2. The largest absolute Gasteiger partial charge is 4.00 e. The van der Waals surface area contributed by atoms with Gasteiger partial charge in [-0.05, 0) is 74.9 Å². The quantitative estimate of drug-likeness (QED) is 0.232. The second-order valence-corrected chi connectivity index (χ2v) is 11.2. The number of hydrogen-bond donors (Lipinski definition) is 0. The third-order valence-corrected chi connectivity index (χ3v) is 7.68. The SMILES string of the molecule is Cc1cc(C)c(-c2cccc3[cH-]c(C)cc23)c(C)c1.Cc1cc(C)c(-c2cccc3[cH-]c(C)cc23)c(C)c1.[Cl-].[Cl-].[Zr+4]. The molecular formula is C38H38Cl2Zr. The molecule has 0 aliphatic rings. The van der Waals surface area contributed by atoms with Gasteiger partial charge in [-0.3, -0.25) is 0 Å². The summed E-state index contributed by atoms with van der Waals surface area (Å²) in [6.45, 7) is 17.5. The third kappa shape index (κ3) is 7.14. The van der Waals surface area contributed by atoms with E-state index >= 15 is 0 Å². The van der Waals surface area contributed by atoms with E-state index in [9.17, 15) is 0 Å². The molecule has 0 fully saturated rings. The molecule has 0 amide bonds. The van der Waals surface area contributed by atoms with Gasteiger partial charge in [0.05, 0.1) is 0 Å². The Labute approximate surface area is 277 Å². The average Bonchev–Trinajstić information content (AvgIpc) is 3.40. The molecule has 0 radical (unpaired) electrons. The zero-order valence-electron chi connectivity index (χ0n) is 25.3. The molecule has 0 saturated carbocycles. The maximum absolute atomic E-state index is 2.30. The summed E-state index contributed by atoms with van der Waals surface area (Å²) in [5.74, 6) is 0. The van der Waals surface area contributed by atoms with E-state index in [-0.39, 0.29) is 51.0 Å². The Balaban J connectivity index is 0.000000267. The Bertz CT molecular complexity index is 1620. The summed E-state index contributed by atoms with van der Waals surface area (Å²) < 4.78 is 0. The standard InChI is InChI=1S/2C19H19.2ClH.Zr/c2*1-12-8-14(3)19(15(4)9-12)17-7-5-6-16-10-13(2)11-18(16)17;;;/h2*5-11H,1-4H3;2*1H;/q2*-1;;;+4/p-2. The van der Waals surface area contributed by atoms with E-state index in [1.807, 2.05) is 0 Å². The molecule has 6 aromatic rings. The summed E-state index contributed by atoms with van der Waals surface area (Å²) >= 11 is 0. The van der Waals surface area contributed by atoms with Gasteiger partial charge in [-0.1, -0.05) is 72.5 Å². The van der Waals surface area contributed by atoms with Crippen LogP contribution in [0.5, 0.6) is 0 Å². The average molecular weight is 657 g/mol. The molecule has 3 heteroatoms. The minimum absolute atomic E-state index is 0. The fraction of sp³-hybridized carbons (Fsp3) is 0.211. The van der Waals surface area contributed by atoms with Crippen molar-refractivity contribution in [1.82, 2.24) is 0 Å². The predicted octanol–water partition coefficient (Wildman–Crippen LogP) is 4.92. The first-order chi connectivity index (χ1) is 18.1. The second kappa shape index (κ2) is 14.2. The molecule has 0 heterocycles. The molecule has 0 bridgehead atoms. The van der Waals surface area contributed by atoms with Gasteiger partial charge in [0, 0.05) is 0 Å². The van der Waals surface area contributed by atoms with Crippen molar-refractivity contribution in [2.45, 2.75) is 55.4 Å². The minimum atomic E-state index is 0. The Kier molecular flexibility index (Phi) is 12.0. The Morgan fingerprint density at radius 2 is 0.756 bits per heavy atom. The van der Waals surface area contributed by atoms with E-state index in [1.54, 1.807) is 0 Å². The Morgan fingerprint density at radius 1 is 0.439 bits per heavy atom. The van der Waals surface area contributed by atoms with Crippen LogP contribution in [0, 0.1) is 55.4 Å². The number of rotatable bonds is 2. The first-order valence-corrected chi connectivity index (χ1v) is 13.6. The van der Waals surface area contributed by atoms with E-state index < -0.39 is 0 Å². The van der Waals surface area contributed by atoms with Crippen molar-refractivity contribution in [3.63, 3.8) is 0 Å². The molecule has 0 aliphatic carbocycles. The van der Waals surface area contributed by atoms with Crippen LogP contribution in [0.1, 0.15) is 44.5 Å². The molecule has 0 spiro atoms.